The number of carboxylic acids is 1. The predicted octanol–water partition coefficient (Wildman–Crippen LogP) is 5.03. The van der Waals surface area contributed by atoms with E-state index in [1.54, 1.807) is 12.1 Å². The SMILES string of the molecule is CCCc1c(OCCCC(=O)O)ccc(C(C)=O)c1OCCCCCBr. The zero-order valence-corrected chi connectivity index (χ0v) is 17.3. The van der Waals surface area contributed by atoms with Crippen LogP contribution in [-0.2, 0) is 11.2 Å². The molecule has 1 rings (SSSR count). The molecule has 0 aliphatic rings. The highest BCUT2D eigenvalue weighted by Gasteiger charge is 2.18. The third kappa shape index (κ3) is 7.77. The Morgan fingerprint density at radius 3 is 2.42 bits per heavy atom. The van der Waals surface area contributed by atoms with E-state index in [0.717, 1.165) is 43.0 Å². The molecule has 0 spiro atoms. The molecule has 0 aliphatic carbocycles. The van der Waals surface area contributed by atoms with Crippen LogP contribution in [0.5, 0.6) is 11.5 Å². The van der Waals surface area contributed by atoms with E-state index in [0.29, 0.717) is 36.7 Å². The van der Waals surface area contributed by atoms with Crippen LogP contribution in [0.4, 0.5) is 0 Å². The standard InChI is InChI=1S/C20H29BrO5/c1-3-8-17-18(25-14-7-9-19(23)24)11-10-16(15(2)22)20(17)26-13-6-4-5-12-21/h10-11H,3-9,12-14H2,1-2H3,(H,23,24). The molecule has 0 aliphatic heterocycles. The first kappa shape index (κ1) is 22.5. The molecule has 0 radical (unpaired) electrons. The number of aliphatic carboxylic acids is 1. The number of carbonyl (C=O) groups is 2. The summed E-state index contributed by atoms with van der Waals surface area (Å²) in [5, 5.41) is 9.71. The minimum Gasteiger partial charge on any atom is -0.493 e. The maximum atomic E-state index is 12.0. The number of halogens is 1. The Balaban J connectivity index is 2.93. The third-order valence-electron chi connectivity index (χ3n) is 3.91. The minimum absolute atomic E-state index is 0.0322. The number of rotatable bonds is 14. The van der Waals surface area contributed by atoms with Crippen LogP contribution in [0.25, 0.3) is 0 Å². The normalized spacial score (nSPS) is 10.6. The quantitative estimate of drug-likeness (QED) is 0.255. The Labute approximate surface area is 164 Å². The Kier molecular flexibility index (Phi) is 11.0. The Morgan fingerprint density at radius 2 is 1.81 bits per heavy atom. The van der Waals surface area contributed by atoms with Crippen molar-refractivity contribution in [2.45, 2.75) is 58.8 Å². The molecule has 0 bridgehead atoms. The molecule has 0 saturated carbocycles. The molecule has 0 heterocycles. The van der Waals surface area contributed by atoms with Crippen LogP contribution in [0.15, 0.2) is 12.1 Å². The van der Waals surface area contributed by atoms with Crippen LogP contribution in [0.3, 0.4) is 0 Å². The van der Waals surface area contributed by atoms with Gasteiger partial charge in [-0.2, -0.15) is 0 Å². The van der Waals surface area contributed by atoms with Gasteiger partial charge in [0.15, 0.2) is 5.78 Å². The summed E-state index contributed by atoms with van der Waals surface area (Å²) in [4.78, 5) is 22.6. The van der Waals surface area contributed by atoms with Crippen molar-refractivity contribution in [2.75, 3.05) is 18.5 Å². The van der Waals surface area contributed by atoms with Crippen LogP contribution in [0.2, 0.25) is 0 Å². The molecule has 0 saturated heterocycles. The second-order valence-corrected chi connectivity index (χ2v) is 6.96. The summed E-state index contributed by atoms with van der Waals surface area (Å²) >= 11 is 3.42. The maximum absolute atomic E-state index is 12.0. The largest absolute Gasteiger partial charge is 0.493 e. The second-order valence-electron chi connectivity index (χ2n) is 6.17. The van der Waals surface area contributed by atoms with Gasteiger partial charge in [-0.3, -0.25) is 9.59 Å². The van der Waals surface area contributed by atoms with Crippen molar-refractivity contribution in [3.63, 3.8) is 0 Å². The lowest BCUT2D eigenvalue weighted by Crippen LogP contribution is -2.09. The van der Waals surface area contributed by atoms with Crippen molar-refractivity contribution in [3.05, 3.63) is 23.3 Å². The minimum atomic E-state index is -0.832. The van der Waals surface area contributed by atoms with Crippen molar-refractivity contribution in [1.82, 2.24) is 0 Å². The second kappa shape index (κ2) is 12.7. The van der Waals surface area contributed by atoms with Gasteiger partial charge in [-0.1, -0.05) is 29.3 Å². The highest BCUT2D eigenvalue weighted by molar-refractivity contribution is 9.09. The number of ketones is 1. The highest BCUT2D eigenvalue weighted by atomic mass is 79.9. The first-order chi connectivity index (χ1) is 12.5. The summed E-state index contributed by atoms with van der Waals surface area (Å²) in [6.07, 6.45) is 5.24. The number of hydrogen-bond donors (Lipinski definition) is 1. The van der Waals surface area contributed by atoms with E-state index in [2.05, 4.69) is 22.9 Å². The Hall–Kier alpha value is -1.56. The Morgan fingerprint density at radius 1 is 1.08 bits per heavy atom. The van der Waals surface area contributed by atoms with E-state index in [1.165, 1.54) is 6.92 Å². The smallest absolute Gasteiger partial charge is 0.303 e. The van der Waals surface area contributed by atoms with Crippen molar-refractivity contribution in [3.8, 4) is 11.5 Å². The number of ether oxygens (including phenoxy) is 2. The summed E-state index contributed by atoms with van der Waals surface area (Å²) in [5.74, 6) is 0.434. The van der Waals surface area contributed by atoms with Crippen LogP contribution >= 0.6 is 15.9 Å². The van der Waals surface area contributed by atoms with E-state index < -0.39 is 5.97 Å². The van der Waals surface area contributed by atoms with E-state index in [4.69, 9.17) is 14.6 Å². The number of unbranched alkanes of at least 4 members (excludes halogenated alkanes) is 2. The molecular weight excluding hydrogens is 400 g/mol. The molecular formula is C20H29BrO5. The van der Waals surface area contributed by atoms with Crippen LogP contribution in [0.1, 0.15) is 68.3 Å². The summed E-state index contributed by atoms with van der Waals surface area (Å²) in [6, 6.07) is 3.53. The van der Waals surface area contributed by atoms with Gasteiger partial charge < -0.3 is 14.6 Å². The molecule has 6 heteroatoms. The van der Waals surface area contributed by atoms with Crippen molar-refractivity contribution < 1.29 is 24.2 Å². The number of hydrogen-bond acceptors (Lipinski definition) is 4. The summed E-state index contributed by atoms with van der Waals surface area (Å²) in [5.41, 5.74) is 1.47. The topological polar surface area (TPSA) is 72.8 Å². The lowest BCUT2D eigenvalue weighted by atomic mass is 10.0. The molecule has 0 fully saturated rings. The average Bonchev–Trinajstić information content (AvgIpc) is 2.60. The van der Waals surface area contributed by atoms with Crippen molar-refractivity contribution >= 4 is 27.7 Å². The molecule has 0 unspecified atom stereocenters. The molecule has 0 atom stereocenters. The molecule has 1 N–H and O–H groups in total. The average molecular weight is 429 g/mol. The Bertz CT molecular complexity index is 586. The highest BCUT2D eigenvalue weighted by Crippen LogP contribution is 2.34. The van der Waals surface area contributed by atoms with Crippen molar-refractivity contribution in [1.29, 1.82) is 0 Å². The van der Waals surface area contributed by atoms with E-state index in [1.807, 2.05) is 0 Å². The number of alkyl halides is 1. The number of benzene rings is 1. The molecule has 26 heavy (non-hydrogen) atoms. The van der Waals surface area contributed by atoms with Crippen molar-refractivity contribution in [2.24, 2.45) is 0 Å². The van der Waals surface area contributed by atoms with E-state index >= 15 is 0 Å². The van der Waals surface area contributed by atoms with Gasteiger partial charge in [-0.25, -0.2) is 0 Å². The van der Waals surface area contributed by atoms with Crippen LogP contribution in [0, 0.1) is 0 Å². The van der Waals surface area contributed by atoms with Gasteiger partial charge in [0, 0.05) is 17.3 Å². The number of carbonyl (C=O) groups excluding carboxylic acids is 1. The summed E-state index contributed by atoms with van der Waals surface area (Å²) in [6.45, 7) is 4.49. The van der Waals surface area contributed by atoms with Gasteiger partial charge in [0.05, 0.1) is 18.8 Å². The fourth-order valence-corrected chi connectivity index (χ4v) is 3.02. The number of Topliss-reactive ketones (excluding diaryl/α,β-unsaturated/α-hetero) is 1. The zero-order valence-electron chi connectivity index (χ0n) is 15.7. The maximum Gasteiger partial charge on any atom is 0.303 e. The fraction of sp³-hybridized carbons (Fsp3) is 0.600. The summed E-state index contributed by atoms with van der Waals surface area (Å²) in [7, 11) is 0. The van der Waals surface area contributed by atoms with Gasteiger partial charge in [0.2, 0.25) is 0 Å². The molecule has 1 aromatic rings. The summed E-state index contributed by atoms with van der Waals surface area (Å²) < 4.78 is 11.8. The van der Waals surface area contributed by atoms with Crippen LogP contribution < -0.4 is 9.47 Å². The van der Waals surface area contributed by atoms with E-state index in [-0.39, 0.29) is 12.2 Å². The lowest BCUT2D eigenvalue weighted by molar-refractivity contribution is -0.137. The van der Waals surface area contributed by atoms with Gasteiger partial charge in [0.1, 0.15) is 11.5 Å². The fourth-order valence-electron chi connectivity index (χ4n) is 2.63. The predicted molar refractivity (Wildman–Crippen MR) is 106 cm³/mol. The van der Waals surface area contributed by atoms with E-state index in [9.17, 15) is 9.59 Å². The first-order valence-electron chi connectivity index (χ1n) is 9.21. The molecule has 0 amide bonds. The van der Waals surface area contributed by atoms with Gasteiger partial charge >= 0.3 is 5.97 Å². The molecule has 5 nitrogen and oxygen atoms in total. The zero-order chi connectivity index (χ0) is 19.4. The van der Waals surface area contributed by atoms with Gasteiger partial charge in [0.25, 0.3) is 0 Å². The molecule has 1 aromatic carbocycles. The lowest BCUT2D eigenvalue weighted by Gasteiger charge is -2.18. The van der Waals surface area contributed by atoms with Crippen LogP contribution in [-0.4, -0.2) is 35.4 Å². The number of carboxylic acid groups (broad SMARTS) is 1. The monoisotopic (exact) mass is 428 g/mol. The van der Waals surface area contributed by atoms with Gasteiger partial charge in [-0.15, -0.1) is 0 Å². The molecule has 146 valence electrons. The molecule has 0 aromatic heterocycles. The third-order valence-corrected chi connectivity index (χ3v) is 4.47. The first-order valence-corrected chi connectivity index (χ1v) is 10.3. The van der Waals surface area contributed by atoms with Gasteiger partial charge in [-0.05, 0) is 51.2 Å².